The molecule has 2 N–H and O–H groups in total. The van der Waals surface area contributed by atoms with Gasteiger partial charge in [0, 0.05) is 24.8 Å². The highest BCUT2D eigenvalue weighted by Gasteiger charge is 2.46. The average Bonchev–Trinajstić information content (AvgIpc) is 2.92. The zero-order valence-electron chi connectivity index (χ0n) is 17.9. The third-order valence-corrected chi connectivity index (χ3v) is 7.42. The van der Waals surface area contributed by atoms with Gasteiger partial charge in [-0.05, 0) is 61.5 Å². The first kappa shape index (κ1) is 21.6. The number of halogens is 2. The number of fused-ring (bicyclic) bond motifs is 3. The summed E-state index contributed by atoms with van der Waals surface area (Å²) in [4.78, 5) is 12.3. The molecule has 5 aliphatic rings. The van der Waals surface area contributed by atoms with E-state index in [2.05, 4.69) is 33.0 Å². The highest BCUT2D eigenvalue weighted by molar-refractivity contribution is 5.95. The number of alkyl halides is 2. The molecule has 0 saturated heterocycles. The van der Waals surface area contributed by atoms with Crippen molar-refractivity contribution in [3.8, 4) is 0 Å². The van der Waals surface area contributed by atoms with Crippen LogP contribution < -0.4 is 5.32 Å². The Kier molecular flexibility index (Phi) is 5.80. The van der Waals surface area contributed by atoms with E-state index in [1.54, 1.807) is 6.08 Å². The molecule has 6 atom stereocenters. The number of hydrogen-bond acceptors (Lipinski definition) is 5. The van der Waals surface area contributed by atoms with E-state index in [4.69, 9.17) is 0 Å². The lowest BCUT2D eigenvalue weighted by Gasteiger charge is -2.35. The molecule has 5 unspecified atom stereocenters. The first-order chi connectivity index (χ1) is 15.4. The van der Waals surface area contributed by atoms with Crippen LogP contribution >= 0.6 is 0 Å². The molecule has 2 bridgehead atoms. The van der Waals surface area contributed by atoms with Crippen molar-refractivity contribution in [1.29, 1.82) is 0 Å². The molecule has 1 saturated carbocycles. The Morgan fingerprint density at radius 3 is 2.69 bits per heavy atom. The fraction of sp³-hybridized carbons (Fsp3) is 0.560. The van der Waals surface area contributed by atoms with E-state index in [0.717, 1.165) is 31.3 Å². The second-order valence-electron chi connectivity index (χ2n) is 9.43. The first-order valence-electron chi connectivity index (χ1n) is 11.6. The van der Waals surface area contributed by atoms with Gasteiger partial charge in [0.05, 0.1) is 0 Å². The fourth-order valence-corrected chi connectivity index (χ4v) is 5.61. The maximum atomic E-state index is 13.3. The minimum atomic E-state index is -3.57. The number of rotatable bonds is 4. The summed E-state index contributed by atoms with van der Waals surface area (Å²) in [5, 5.41) is 14.3. The van der Waals surface area contributed by atoms with Gasteiger partial charge in [0.2, 0.25) is 0 Å². The van der Waals surface area contributed by atoms with Gasteiger partial charge in [-0.1, -0.05) is 36.5 Å². The van der Waals surface area contributed by atoms with E-state index in [1.807, 2.05) is 18.2 Å². The third kappa shape index (κ3) is 4.46. The van der Waals surface area contributed by atoms with Crippen molar-refractivity contribution < 1.29 is 28.2 Å². The second-order valence-corrected chi connectivity index (χ2v) is 9.43. The van der Waals surface area contributed by atoms with Crippen LogP contribution in [0.4, 0.5) is 8.78 Å². The first-order valence-corrected chi connectivity index (χ1v) is 11.6. The molecule has 0 radical (unpaired) electrons. The maximum Gasteiger partial charge on any atom is 0.585 e. The molecular formula is C25H29F2NO4. The Bertz CT molecular complexity index is 919. The van der Waals surface area contributed by atoms with Gasteiger partial charge in [-0.3, -0.25) is 10.1 Å². The quantitative estimate of drug-likeness (QED) is 0.493. The van der Waals surface area contributed by atoms with Crippen LogP contribution in [0.5, 0.6) is 0 Å². The van der Waals surface area contributed by atoms with Gasteiger partial charge >= 0.3 is 6.29 Å². The predicted molar refractivity (Wildman–Crippen MR) is 114 cm³/mol. The summed E-state index contributed by atoms with van der Waals surface area (Å²) in [6.07, 6.45) is 14.4. The summed E-state index contributed by atoms with van der Waals surface area (Å²) >= 11 is 0. The van der Waals surface area contributed by atoms with Crippen molar-refractivity contribution in [2.45, 2.75) is 63.5 Å². The normalized spacial score (nSPS) is 36.5. The van der Waals surface area contributed by atoms with Crippen molar-refractivity contribution in [3.05, 3.63) is 59.6 Å². The molecule has 0 aromatic rings. The summed E-state index contributed by atoms with van der Waals surface area (Å²) in [5.74, 6) is 1.11. The number of hydrogen-bond donors (Lipinski definition) is 2. The molecule has 1 fully saturated rings. The van der Waals surface area contributed by atoms with Crippen molar-refractivity contribution >= 4 is 5.78 Å². The van der Waals surface area contributed by atoms with Gasteiger partial charge in [-0.25, -0.2) is 0 Å². The fourth-order valence-electron chi connectivity index (χ4n) is 5.61. The Hall–Kier alpha value is -2.25. The zero-order chi connectivity index (χ0) is 22.3. The lowest BCUT2D eigenvalue weighted by Crippen LogP contribution is -2.45. The second kappa shape index (κ2) is 8.60. The molecule has 7 heteroatoms. The molecule has 0 aromatic carbocycles. The molecule has 172 valence electrons. The SMILES string of the molecule is O=C1CCC(C(O)NC2C=CC(C3C=CC4=C(C3)OC(F)(F)O4)CC2)[C@@H]2C=CC=C1CC2. The van der Waals surface area contributed by atoms with Gasteiger partial charge in [0.25, 0.3) is 0 Å². The Balaban J connectivity index is 1.17. The number of aliphatic hydroxyl groups is 1. The van der Waals surface area contributed by atoms with Crippen LogP contribution in [-0.2, 0) is 14.3 Å². The number of carbonyl (C=O) groups is 1. The minimum absolute atomic E-state index is 0.00203. The number of carbonyl (C=O) groups excluding carboxylic acids is 1. The number of ether oxygens (including phenoxy) is 2. The van der Waals surface area contributed by atoms with Crippen LogP contribution in [0.3, 0.4) is 0 Å². The molecule has 0 aromatic heterocycles. The summed E-state index contributed by atoms with van der Waals surface area (Å²) in [6, 6.07) is 0.0450. The standard InChI is InChI=1S/C25H29F2NO4/c26-25(27)31-22-13-8-18(14-23(22)32-25)15-6-9-19(10-7-15)28-24(30)20-11-12-21(29)17-3-1-2-16(20)4-5-17/h1-3,6,8-9,13,15-16,18-20,24,28,30H,4-5,7,10-12,14H2/t15?,16-,18?,19?,20?,24?/m1/s1. The lowest BCUT2D eigenvalue weighted by molar-refractivity contribution is -0.336. The van der Waals surface area contributed by atoms with Gasteiger partial charge in [-0.2, -0.15) is 0 Å². The predicted octanol–water partition coefficient (Wildman–Crippen LogP) is 4.49. The molecule has 0 spiro atoms. The molecule has 0 amide bonds. The topological polar surface area (TPSA) is 67.8 Å². The summed E-state index contributed by atoms with van der Waals surface area (Å²) < 4.78 is 35.8. The van der Waals surface area contributed by atoms with Gasteiger partial charge in [0.15, 0.2) is 11.5 Å². The monoisotopic (exact) mass is 445 g/mol. The molecule has 1 aliphatic heterocycles. The maximum absolute atomic E-state index is 13.3. The molecule has 4 aliphatic carbocycles. The molecule has 32 heavy (non-hydrogen) atoms. The molecule has 1 heterocycles. The van der Waals surface area contributed by atoms with Crippen LogP contribution in [-0.4, -0.2) is 29.5 Å². The van der Waals surface area contributed by atoms with Crippen LogP contribution in [0.25, 0.3) is 0 Å². The Morgan fingerprint density at radius 1 is 1.00 bits per heavy atom. The van der Waals surface area contributed by atoms with Crippen LogP contribution in [0.1, 0.15) is 44.9 Å². The number of Topliss-reactive ketones (excluding diaryl/α,β-unsaturated/α-hetero) is 1. The number of nitrogens with one attached hydrogen (secondary N) is 1. The number of ketones is 1. The Labute approximate surface area is 186 Å². The van der Waals surface area contributed by atoms with E-state index in [0.29, 0.717) is 19.3 Å². The van der Waals surface area contributed by atoms with Crippen LogP contribution in [0.15, 0.2) is 59.6 Å². The summed E-state index contributed by atoms with van der Waals surface area (Å²) in [6.45, 7) is 0. The highest BCUT2D eigenvalue weighted by atomic mass is 19.3. The van der Waals surface area contributed by atoms with Crippen molar-refractivity contribution in [3.63, 3.8) is 0 Å². The van der Waals surface area contributed by atoms with Crippen molar-refractivity contribution in [1.82, 2.24) is 5.32 Å². The zero-order valence-corrected chi connectivity index (χ0v) is 17.9. The minimum Gasteiger partial charge on any atom is -0.400 e. The van der Waals surface area contributed by atoms with Crippen LogP contribution in [0, 0.1) is 23.7 Å². The highest BCUT2D eigenvalue weighted by Crippen LogP contribution is 2.43. The van der Waals surface area contributed by atoms with E-state index < -0.39 is 12.5 Å². The van der Waals surface area contributed by atoms with E-state index in [-0.39, 0.29) is 47.0 Å². The molecular weight excluding hydrogens is 416 g/mol. The number of allylic oxidation sites excluding steroid dienone is 8. The van der Waals surface area contributed by atoms with Crippen molar-refractivity contribution in [2.24, 2.45) is 23.7 Å². The number of aliphatic hydroxyl groups excluding tert-OH is 1. The van der Waals surface area contributed by atoms with Crippen molar-refractivity contribution in [2.75, 3.05) is 0 Å². The van der Waals surface area contributed by atoms with E-state index in [1.165, 1.54) is 0 Å². The molecule has 5 rings (SSSR count). The van der Waals surface area contributed by atoms with Gasteiger partial charge in [0.1, 0.15) is 12.0 Å². The van der Waals surface area contributed by atoms with Gasteiger partial charge < -0.3 is 14.6 Å². The largest absolute Gasteiger partial charge is 0.585 e. The lowest BCUT2D eigenvalue weighted by atomic mass is 9.78. The van der Waals surface area contributed by atoms with E-state index in [9.17, 15) is 18.7 Å². The van der Waals surface area contributed by atoms with E-state index >= 15 is 0 Å². The smallest absolute Gasteiger partial charge is 0.400 e. The average molecular weight is 446 g/mol. The molecule has 5 nitrogen and oxygen atoms in total. The third-order valence-electron chi connectivity index (χ3n) is 7.42. The summed E-state index contributed by atoms with van der Waals surface area (Å²) in [7, 11) is 0. The van der Waals surface area contributed by atoms with Crippen LogP contribution in [0.2, 0.25) is 0 Å². The Morgan fingerprint density at radius 2 is 1.88 bits per heavy atom. The summed E-state index contributed by atoms with van der Waals surface area (Å²) in [5.41, 5.74) is 0.906. The van der Waals surface area contributed by atoms with Gasteiger partial charge in [-0.15, -0.1) is 8.78 Å².